The number of carbonyl (C=O) groups excluding carboxylic acids is 1. The second-order valence-electron chi connectivity index (χ2n) is 4.84. The number of amides is 1. The minimum atomic E-state index is -1.16. The van der Waals surface area contributed by atoms with Crippen molar-refractivity contribution in [3.8, 4) is 0 Å². The summed E-state index contributed by atoms with van der Waals surface area (Å²) in [4.78, 5) is 34.2. The van der Waals surface area contributed by atoms with E-state index >= 15 is 0 Å². The molecule has 0 fully saturated rings. The lowest BCUT2D eigenvalue weighted by Crippen LogP contribution is -2.49. The normalized spacial score (nSPS) is 12.5. The third kappa shape index (κ3) is 8.15. The van der Waals surface area contributed by atoms with Gasteiger partial charge in [0.15, 0.2) is 0 Å². The van der Waals surface area contributed by atoms with Gasteiger partial charge in [0.2, 0.25) is 5.91 Å². The number of hydrogen-bond acceptors (Lipinski definition) is 4. The molecule has 0 saturated heterocycles. The lowest BCUT2D eigenvalue weighted by Gasteiger charge is -2.24. The molecule has 0 radical (unpaired) electrons. The Balaban J connectivity index is 4.42. The zero-order chi connectivity index (χ0) is 15.0. The molecule has 0 bridgehead atoms. The maximum atomic E-state index is 11.8. The topological polar surface area (TPSA) is 107 Å². The van der Waals surface area contributed by atoms with Crippen LogP contribution in [0.2, 0.25) is 0 Å². The Bertz CT molecular complexity index is 314. The molecule has 0 aromatic rings. The lowest BCUT2D eigenvalue weighted by atomic mass is 10.1. The quantitative estimate of drug-likeness (QED) is 0.546. The molecule has 19 heavy (non-hydrogen) atoms. The van der Waals surface area contributed by atoms with Gasteiger partial charge >= 0.3 is 11.9 Å². The number of carboxylic acids is 2. The molecule has 0 heterocycles. The van der Waals surface area contributed by atoms with E-state index in [1.54, 1.807) is 0 Å². The summed E-state index contributed by atoms with van der Waals surface area (Å²) in [5, 5.41) is 20.1. The van der Waals surface area contributed by atoms with Crippen LogP contribution >= 0.6 is 0 Å². The number of hydrogen-bond donors (Lipinski definition) is 3. The Hall–Kier alpha value is -1.63. The van der Waals surface area contributed by atoms with E-state index in [-0.39, 0.29) is 5.91 Å². The lowest BCUT2D eigenvalue weighted by molar-refractivity contribution is -0.143. The Kier molecular flexibility index (Phi) is 7.74. The summed E-state index contributed by atoms with van der Waals surface area (Å²) in [6.45, 7) is 5.08. The minimum absolute atomic E-state index is 0.358. The van der Waals surface area contributed by atoms with Crippen molar-refractivity contribution in [1.29, 1.82) is 0 Å². The van der Waals surface area contributed by atoms with Gasteiger partial charge in [0.1, 0.15) is 0 Å². The van der Waals surface area contributed by atoms with Crippen LogP contribution in [0.1, 0.15) is 27.2 Å². The van der Waals surface area contributed by atoms with E-state index in [1.807, 2.05) is 13.8 Å². The Morgan fingerprint density at radius 1 is 1.05 bits per heavy atom. The summed E-state index contributed by atoms with van der Waals surface area (Å²) < 4.78 is 0. The summed E-state index contributed by atoms with van der Waals surface area (Å²) in [5.74, 6) is -2.24. The number of carboxylic acid groups (broad SMARTS) is 2. The van der Waals surface area contributed by atoms with Gasteiger partial charge in [-0.3, -0.25) is 19.3 Å². The van der Waals surface area contributed by atoms with Gasteiger partial charge in [0.25, 0.3) is 0 Å². The van der Waals surface area contributed by atoms with Gasteiger partial charge in [0, 0.05) is 6.54 Å². The number of nitrogens with zero attached hydrogens (tertiary/aromatic N) is 1. The average molecular weight is 274 g/mol. The Morgan fingerprint density at radius 2 is 1.53 bits per heavy atom. The van der Waals surface area contributed by atoms with Crippen LogP contribution in [-0.2, 0) is 14.4 Å². The molecular formula is C12H22N2O5. The van der Waals surface area contributed by atoms with Gasteiger partial charge in [0.05, 0.1) is 19.1 Å². The number of carbonyl (C=O) groups is 3. The summed E-state index contributed by atoms with van der Waals surface area (Å²) in [6, 6.07) is -0.792. The van der Waals surface area contributed by atoms with Gasteiger partial charge in [-0.1, -0.05) is 13.8 Å². The molecule has 0 aromatic carbocycles. The summed E-state index contributed by atoms with van der Waals surface area (Å²) in [6.07, 6.45) is 0.816. The maximum Gasteiger partial charge on any atom is 0.317 e. The van der Waals surface area contributed by atoms with Crippen LogP contribution in [0.4, 0.5) is 0 Å². The molecule has 0 aliphatic heterocycles. The van der Waals surface area contributed by atoms with Crippen molar-refractivity contribution in [2.45, 2.75) is 33.2 Å². The van der Waals surface area contributed by atoms with Crippen LogP contribution in [0.25, 0.3) is 0 Å². The molecule has 7 nitrogen and oxygen atoms in total. The van der Waals surface area contributed by atoms with Gasteiger partial charge in [-0.25, -0.2) is 0 Å². The third-order valence-electron chi connectivity index (χ3n) is 2.62. The second kappa shape index (κ2) is 8.47. The van der Waals surface area contributed by atoms with Crippen molar-refractivity contribution >= 4 is 17.8 Å². The molecule has 1 unspecified atom stereocenters. The highest BCUT2D eigenvalue weighted by atomic mass is 16.4. The molecular weight excluding hydrogens is 252 g/mol. The molecule has 0 aromatic heterocycles. The van der Waals surface area contributed by atoms with E-state index in [0.717, 1.165) is 11.3 Å². The maximum absolute atomic E-state index is 11.8. The number of aliphatic carboxylic acids is 2. The first-order valence-electron chi connectivity index (χ1n) is 6.19. The Labute approximate surface area is 112 Å². The fourth-order valence-electron chi connectivity index (χ4n) is 1.47. The third-order valence-corrected chi connectivity index (χ3v) is 2.62. The van der Waals surface area contributed by atoms with Crippen molar-refractivity contribution in [1.82, 2.24) is 10.2 Å². The smallest absolute Gasteiger partial charge is 0.317 e. The van der Waals surface area contributed by atoms with Crippen molar-refractivity contribution < 1.29 is 24.6 Å². The van der Waals surface area contributed by atoms with E-state index in [0.29, 0.717) is 12.5 Å². The van der Waals surface area contributed by atoms with Gasteiger partial charge in [-0.05, 0) is 19.3 Å². The SMILES string of the molecule is CC(C)CCNC(=O)C(C)N(CC(=O)O)CC(=O)O. The molecule has 1 atom stereocenters. The van der Waals surface area contributed by atoms with E-state index in [2.05, 4.69) is 5.32 Å². The van der Waals surface area contributed by atoms with Crippen LogP contribution in [0.15, 0.2) is 0 Å². The summed E-state index contributed by atoms with van der Waals surface area (Å²) in [7, 11) is 0. The average Bonchev–Trinajstić information content (AvgIpc) is 2.25. The highest BCUT2D eigenvalue weighted by Crippen LogP contribution is 2.01. The number of nitrogens with one attached hydrogen (secondary N) is 1. The minimum Gasteiger partial charge on any atom is -0.480 e. The van der Waals surface area contributed by atoms with Gasteiger partial charge < -0.3 is 15.5 Å². The summed E-state index contributed by atoms with van der Waals surface area (Å²) in [5.41, 5.74) is 0. The van der Waals surface area contributed by atoms with Crippen LogP contribution < -0.4 is 5.32 Å². The zero-order valence-electron chi connectivity index (χ0n) is 11.5. The Morgan fingerprint density at radius 3 is 1.89 bits per heavy atom. The van der Waals surface area contributed by atoms with E-state index in [1.165, 1.54) is 6.92 Å². The first-order valence-corrected chi connectivity index (χ1v) is 6.19. The fourth-order valence-corrected chi connectivity index (χ4v) is 1.47. The highest BCUT2D eigenvalue weighted by Gasteiger charge is 2.24. The zero-order valence-corrected chi connectivity index (χ0v) is 11.5. The van der Waals surface area contributed by atoms with Crippen LogP contribution in [0, 0.1) is 5.92 Å². The molecule has 1 amide bonds. The monoisotopic (exact) mass is 274 g/mol. The molecule has 7 heteroatoms. The molecule has 0 spiro atoms. The largest absolute Gasteiger partial charge is 0.480 e. The fraction of sp³-hybridized carbons (Fsp3) is 0.750. The number of rotatable bonds is 9. The standard InChI is InChI=1S/C12H22N2O5/c1-8(2)4-5-13-12(19)9(3)14(6-10(15)16)7-11(17)18/h8-9H,4-7H2,1-3H3,(H,13,19)(H,15,16)(H,17,18). The highest BCUT2D eigenvalue weighted by molar-refractivity contribution is 5.83. The van der Waals surface area contributed by atoms with E-state index in [4.69, 9.17) is 10.2 Å². The molecule has 110 valence electrons. The van der Waals surface area contributed by atoms with Crippen molar-refractivity contribution in [2.75, 3.05) is 19.6 Å². The van der Waals surface area contributed by atoms with Crippen LogP contribution in [0.5, 0.6) is 0 Å². The molecule has 0 aliphatic rings. The first kappa shape index (κ1) is 17.4. The molecule has 0 saturated carbocycles. The summed E-state index contributed by atoms with van der Waals surface area (Å²) >= 11 is 0. The van der Waals surface area contributed by atoms with Gasteiger partial charge in [-0.2, -0.15) is 0 Å². The van der Waals surface area contributed by atoms with E-state index in [9.17, 15) is 14.4 Å². The van der Waals surface area contributed by atoms with Crippen molar-refractivity contribution in [3.63, 3.8) is 0 Å². The van der Waals surface area contributed by atoms with Crippen molar-refractivity contribution in [2.24, 2.45) is 5.92 Å². The van der Waals surface area contributed by atoms with E-state index < -0.39 is 31.1 Å². The molecule has 0 aliphatic carbocycles. The van der Waals surface area contributed by atoms with Gasteiger partial charge in [-0.15, -0.1) is 0 Å². The first-order chi connectivity index (χ1) is 8.73. The predicted molar refractivity (Wildman–Crippen MR) is 68.8 cm³/mol. The molecule has 0 rings (SSSR count). The second-order valence-corrected chi connectivity index (χ2v) is 4.84. The van der Waals surface area contributed by atoms with Crippen LogP contribution in [0.3, 0.4) is 0 Å². The van der Waals surface area contributed by atoms with Crippen LogP contribution in [-0.4, -0.2) is 58.6 Å². The molecule has 3 N–H and O–H groups in total. The van der Waals surface area contributed by atoms with Crippen molar-refractivity contribution in [3.05, 3.63) is 0 Å². The predicted octanol–water partition coefficient (Wildman–Crippen LogP) is 0.00840.